The Kier molecular flexibility index (Phi) is 6.05. The lowest BCUT2D eigenvalue weighted by Gasteiger charge is -2.17. The summed E-state index contributed by atoms with van der Waals surface area (Å²) in [6, 6.07) is 14.7. The first kappa shape index (κ1) is 22.7. The Bertz CT molecular complexity index is 1490. The molecule has 0 aromatic heterocycles. The SMILES string of the molecule is C=C(C)C(=O)NCCCNS(=O)(=O)c1cc(OC(C)=O)c2ccc3cccc4ccc1c2c34. The summed E-state index contributed by atoms with van der Waals surface area (Å²) in [5.41, 5.74) is 0.391. The molecule has 7 nitrogen and oxygen atoms in total. The lowest BCUT2D eigenvalue weighted by molar-refractivity contribution is -0.131. The van der Waals surface area contributed by atoms with Gasteiger partial charge in [0.05, 0.1) is 4.90 Å². The lowest BCUT2D eigenvalue weighted by atomic mass is 9.94. The molecule has 0 bridgehead atoms. The molecule has 4 aromatic rings. The Morgan fingerprint density at radius 2 is 1.61 bits per heavy atom. The van der Waals surface area contributed by atoms with E-state index in [2.05, 4.69) is 16.6 Å². The Balaban J connectivity index is 1.75. The molecule has 0 atom stereocenters. The van der Waals surface area contributed by atoms with Gasteiger partial charge in [-0.05, 0) is 35.6 Å². The predicted molar refractivity (Wildman–Crippen MR) is 129 cm³/mol. The van der Waals surface area contributed by atoms with Crippen LogP contribution < -0.4 is 14.8 Å². The summed E-state index contributed by atoms with van der Waals surface area (Å²) in [6.45, 7) is 6.89. The van der Waals surface area contributed by atoms with Crippen molar-refractivity contribution in [2.45, 2.75) is 25.2 Å². The molecular formula is C25H24N2O5S. The van der Waals surface area contributed by atoms with Crippen LogP contribution in [0.5, 0.6) is 5.75 Å². The van der Waals surface area contributed by atoms with Crippen LogP contribution in [0.3, 0.4) is 0 Å². The van der Waals surface area contributed by atoms with E-state index in [1.807, 2.05) is 36.4 Å². The average molecular weight is 465 g/mol. The van der Waals surface area contributed by atoms with Gasteiger partial charge in [-0.25, -0.2) is 13.1 Å². The number of esters is 1. The zero-order valence-electron chi connectivity index (χ0n) is 18.4. The zero-order valence-corrected chi connectivity index (χ0v) is 19.2. The Morgan fingerprint density at radius 1 is 0.939 bits per heavy atom. The van der Waals surface area contributed by atoms with Gasteiger partial charge in [-0.15, -0.1) is 0 Å². The minimum Gasteiger partial charge on any atom is -0.426 e. The first-order valence-corrected chi connectivity index (χ1v) is 12.0. The van der Waals surface area contributed by atoms with E-state index in [1.54, 1.807) is 13.0 Å². The van der Waals surface area contributed by atoms with Crippen LogP contribution in [0.4, 0.5) is 0 Å². The average Bonchev–Trinajstić information content (AvgIpc) is 2.77. The van der Waals surface area contributed by atoms with Crippen LogP contribution in [0, 0.1) is 0 Å². The zero-order chi connectivity index (χ0) is 23.8. The molecular weight excluding hydrogens is 440 g/mol. The van der Waals surface area contributed by atoms with Crippen molar-refractivity contribution in [3.05, 3.63) is 60.7 Å². The third-order valence-corrected chi connectivity index (χ3v) is 6.93. The lowest BCUT2D eigenvalue weighted by Crippen LogP contribution is -2.30. The third kappa shape index (κ3) is 4.40. The molecule has 0 fully saturated rings. The van der Waals surface area contributed by atoms with Gasteiger partial charge >= 0.3 is 5.97 Å². The normalized spacial score (nSPS) is 11.8. The van der Waals surface area contributed by atoms with Gasteiger partial charge in [-0.3, -0.25) is 9.59 Å². The molecule has 0 heterocycles. The predicted octanol–water partition coefficient (Wildman–Crippen LogP) is 3.87. The van der Waals surface area contributed by atoms with E-state index in [9.17, 15) is 18.0 Å². The topological polar surface area (TPSA) is 102 Å². The fourth-order valence-corrected chi connectivity index (χ4v) is 5.25. The van der Waals surface area contributed by atoms with Crippen molar-refractivity contribution in [3.8, 4) is 5.75 Å². The van der Waals surface area contributed by atoms with Crippen molar-refractivity contribution in [3.63, 3.8) is 0 Å². The van der Waals surface area contributed by atoms with Crippen LogP contribution in [0.2, 0.25) is 0 Å². The summed E-state index contributed by atoms with van der Waals surface area (Å²) >= 11 is 0. The number of nitrogens with one attached hydrogen (secondary N) is 2. The van der Waals surface area contributed by atoms with Crippen LogP contribution in [0.25, 0.3) is 32.3 Å². The highest BCUT2D eigenvalue weighted by atomic mass is 32.2. The maximum atomic E-state index is 13.3. The van der Waals surface area contributed by atoms with Crippen molar-refractivity contribution < 1.29 is 22.7 Å². The van der Waals surface area contributed by atoms with Crippen LogP contribution in [0.1, 0.15) is 20.3 Å². The minimum absolute atomic E-state index is 0.0375. The fraction of sp³-hybridized carbons (Fsp3) is 0.200. The summed E-state index contributed by atoms with van der Waals surface area (Å²) in [5.74, 6) is -0.604. The van der Waals surface area contributed by atoms with Crippen LogP contribution in [0.15, 0.2) is 65.6 Å². The smallest absolute Gasteiger partial charge is 0.308 e. The second kappa shape index (κ2) is 8.80. The number of carbonyl (C=O) groups excluding carboxylic acids is 2. The Morgan fingerprint density at radius 3 is 2.24 bits per heavy atom. The number of ether oxygens (including phenoxy) is 1. The molecule has 0 saturated heterocycles. The maximum Gasteiger partial charge on any atom is 0.308 e. The maximum absolute atomic E-state index is 13.3. The number of hydrogen-bond acceptors (Lipinski definition) is 5. The Labute approximate surface area is 191 Å². The van der Waals surface area contributed by atoms with Crippen LogP contribution in [-0.4, -0.2) is 33.4 Å². The molecule has 0 spiro atoms. The summed E-state index contributed by atoms with van der Waals surface area (Å²) in [4.78, 5) is 23.4. The molecule has 0 aliphatic heterocycles. The number of carbonyl (C=O) groups is 2. The van der Waals surface area contributed by atoms with Gasteiger partial charge in [0.25, 0.3) is 0 Å². The molecule has 0 unspecified atom stereocenters. The highest BCUT2D eigenvalue weighted by Crippen LogP contribution is 2.41. The molecule has 4 rings (SSSR count). The highest BCUT2D eigenvalue weighted by molar-refractivity contribution is 7.89. The molecule has 0 radical (unpaired) electrons. The molecule has 1 amide bonds. The van der Waals surface area contributed by atoms with Crippen molar-refractivity contribution in [1.29, 1.82) is 0 Å². The summed E-state index contributed by atoms with van der Waals surface area (Å²) in [5, 5.41) is 7.48. The number of hydrogen-bond donors (Lipinski definition) is 2. The van der Waals surface area contributed by atoms with E-state index in [-0.39, 0.29) is 23.1 Å². The van der Waals surface area contributed by atoms with Crippen LogP contribution >= 0.6 is 0 Å². The molecule has 2 N–H and O–H groups in total. The van der Waals surface area contributed by atoms with Gasteiger partial charge in [0.2, 0.25) is 15.9 Å². The Hall–Kier alpha value is -3.49. The van der Waals surface area contributed by atoms with Crippen molar-refractivity contribution in [1.82, 2.24) is 10.0 Å². The van der Waals surface area contributed by atoms with Crippen LogP contribution in [-0.2, 0) is 19.6 Å². The monoisotopic (exact) mass is 464 g/mol. The number of rotatable bonds is 8. The largest absolute Gasteiger partial charge is 0.426 e. The molecule has 8 heteroatoms. The number of benzene rings is 4. The van der Waals surface area contributed by atoms with E-state index in [0.29, 0.717) is 29.3 Å². The summed E-state index contributed by atoms with van der Waals surface area (Å²) in [6.07, 6.45) is 0.404. The van der Waals surface area contributed by atoms with Crippen molar-refractivity contribution >= 4 is 54.2 Å². The quantitative estimate of drug-likeness (QED) is 0.136. The van der Waals surface area contributed by atoms with Gasteiger partial charge in [0, 0.05) is 47.8 Å². The van der Waals surface area contributed by atoms with Crippen molar-refractivity contribution in [2.24, 2.45) is 0 Å². The van der Waals surface area contributed by atoms with Gasteiger partial charge in [-0.1, -0.05) is 43.0 Å². The molecule has 33 heavy (non-hydrogen) atoms. The molecule has 170 valence electrons. The van der Waals surface area contributed by atoms with Crippen molar-refractivity contribution in [2.75, 3.05) is 13.1 Å². The van der Waals surface area contributed by atoms with E-state index in [4.69, 9.17) is 4.74 Å². The van der Waals surface area contributed by atoms with Gasteiger partial charge < -0.3 is 10.1 Å². The first-order valence-electron chi connectivity index (χ1n) is 10.5. The van der Waals surface area contributed by atoms with E-state index >= 15 is 0 Å². The minimum atomic E-state index is -3.93. The van der Waals surface area contributed by atoms with E-state index in [1.165, 1.54) is 13.0 Å². The van der Waals surface area contributed by atoms with E-state index < -0.39 is 16.0 Å². The van der Waals surface area contributed by atoms with Gasteiger partial charge in [0.1, 0.15) is 5.75 Å². The van der Waals surface area contributed by atoms with Gasteiger partial charge in [0.15, 0.2) is 0 Å². The standard InChI is InChI=1S/C25H24N2O5S/c1-15(2)25(29)26-12-5-13-27-33(30,31)22-14-21(32-16(3)28)19-10-8-17-6-4-7-18-9-11-20(22)24(19)23(17)18/h4,6-11,14,27H,1,5,12-13H2,2-3H3,(H,26,29). The third-order valence-electron chi connectivity index (χ3n) is 5.43. The number of amides is 1. The van der Waals surface area contributed by atoms with E-state index in [0.717, 1.165) is 21.5 Å². The molecule has 0 aliphatic carbocycles. The fourth-order valence-electron chi connectivity index (χ4n) is 3.95. The second-order valence-corrected chi connectivity index (χ2v) is 9.67. The highest BCUT2D eigenvalue weighted by Gasteiger charge is 2.23. The second-order valence-electron chi connectivity index (χ2n) is 7.93. The molecule has 0 aliphatic rings. The first-order chi connectivity index (χ1) is 15.7. The molecule has 0 saturated carbocycles. The number of sulfonamides is 1. The molecule has 4 aromatic carbocycles. The summed E-state index contributed by atoms with van der Waals surface area (Å²) < 4.78 is 34.5. The summed E-state index contributed by atoms with van der Waals surface area (Å²) in [7, 11) is -3.93. The van der Waals surface area contributed by atoms with Gasteiger partial charge in [-0.2, -0.15) is 0 Å².